The van der Waals surface area contributed by atoms with E-state index in [2.05, 4.69) is 10.6 Å². The van der Waals surface area contributed by atoms with E-state index in [4.69, 9.17) is 47.0 Å². The van der Waals surface area contributed by atoms with Crippen molar-refractivity contribution in [1.29, 1.82) is 0 Å². The summed E-state index contributed by atoms with van der Waals surface area (Å²) in [5.41, 5.74) is 0.259. The molecule has 0 aliphatic carbocycles. The van der Waals surface area contributed by atoms with Crippen LogP contribution in [0.25, 0.3) is 0 Å². The zero-order chi connectivity index (χ0) is 16.4. The molecular formula is C10H5Cl3I2N2O3S. The van der Waals surface area contributed by atoms with Crippen molar-refractivity contribution in [1.82, 2.24) is 5.32 Å². The van der Waals surface area contributed by atoms with Crippen LogP contribution in [0.15, 0.2) is 12.1 Å². The number of hydrogen-bond donors (Lipinski definition) is 3. The predicted octanol–water partition coefficient (Wildman–Crippen LogP) is 3.78. The summed E-state index contributed by atoms with van der Waals surface area (Å²) < 4.78 is -0.806. The standard InChI is InChI=1S/C10H5Cl3I2N2O3S/c11-10(12,13)8(20)17-9(21)16-6-4(7(18)19)1-3(14)2-5(6)15/h1-2H,(H,18,19)(H2,16,17,20,21). The third kappa shape index (κ3) is 5.82. The lowest BCUT2D eigenvalue weighted by Crippen LogP contribution is -2.41. The number of rotatable bonds is 2. The highest BCUT2D eigenvalue weighted by atomic mass is 127. The summed E-state index contributed by atoms with van der Waals surface area (Å²) in [4.78, 5) is 22.7. The molecule has 0 saturated carbocycles. The highest BCUT2D eigenvalue weighted by Crippen LogP contribution is 2.27. The van der Waals surface area contributed by atoms with Crippen LogP contribution in [0.1, 0.15) is 10.4 Å². The van der Waals surface area contributed by atoms with Crippen molar-refractivity contribution in [3.05, 3.63) is 24.8 Å². The van der Waals surface area contributed by atoms with Gasteiger partial charge in [-0.1, -0.05) is 34.8 Å². The highest BCUT2D eigenvalue weighted by Gasteiger charge is 2.31. The second kappa shape index (κ2) is 7.77. The maximum atomic E-state index is 11.5. The fraction of sp³-hybridized carbons (Fsp3) is 0.100. The van der Waals surface area contributed by atoms with Crippen LogP contribution in [0, 0.1) is 7.14 Å². The summed E-state index contributed by atoms with van der Waals surface area (Å²) in [5, 5.41) is 13.8. The number of halogens is 5. The third-order valence-corrected chi connectivity index (χ3v) is 4.20. The van der Waals surface area contributed by atoms with Crippen LogP contribution in [0.5, 0.6) is 0 Å². The van der Waals surface area contributed by atoms with Crippen LogP contribution < -0.4 is 10.6 Å². The zero-order valence-corrected chi connectivity index (χ0v) is 17.1. The lowest BCUT2D eigenvalue weighted by Gasteiger charge is -2.16. The molecule has 1 aromatic carbocycles. The summed E-state index contributed by atoms with van der Waals surface area (Å²) in [5.74, 6) is -2.08. The normalized spacial score (nSPS) is 10.9. The molecule has 21 heavy (non-hydrogen) atoms. The number of thiocarbonyl (C=S) groups is 1. The molecule has 0 saturated heterocycles. The van der Waals surface area contributed by atoms with Gasteiger partial charge in [-0.2, -0.15) is 0 Å². The molecule has 11 heteroatoms. The number of hydrogen-bond acceptors (Lipinski definition) is 3. The Morgan fingerprint density at radius 3 is 2.29 bits per heavy atom. The Hall–Kier alpha value is 0.380. The summed E-state index contributed by atoms with van der Waals surface area (Å²) >= 11 is 25.0. The van der Waals surface area contributed by atoms with Crippen LogP contribution in [0.2, 0.25) is 0 Å². The summed E-state index contributed by atoms with van der Waals surface area (Å²) in [7, 11) is 0. The van der Waals surface area contributed by atoms with Crippen molar-refractivity contribution >= 4 is 115 Å². The first kappa shape index (κ1) is 19.4. The number of carbonyl (C=O) groups excluding carboxylic acids is 1. The molecule has 0 aliphatic heterocycles. The minimum Gasteiger partial charge on any atom is -0.478 e. The second-order valence-electron chi connectivity index (χ2n) is 3.52. The number of anilines is 1. The van der Waals surface area contributed by atoms with Gasteiger partial charge in [-0.25, -0.2) is 4.79 Å². The Labute approximate surface area is 167 Å². The molecule has 1 aromatic rings. The van der Waals surface area contributed by atoms with Gasteiger partial charge in [0.25, 0.3) is 9.70 Å². The molecule has 3 N–H and O–H groups in total. The molecule has 1 rings (SSSR count). The van der Waals surface area contributed by atoms with E-state index in [1.807, 2.05) is 45.2 Å². The number of carboxylic acid groups (broad SMARTS) is 1. The third-order valence-electron chi connectivity index (χ3n) is 2.01. The second-order valence-corrected chi connectivity index (χ2v) is 8.62. The molecule has 0 bridgehead atoms. The molecule has 114 valence electrons. The first-order chi connectivity index (χ1) is 9.52. The molecule has 1 amide bonds. The van der Waals surface area contributed by atoms with E-state index in [0.29, 0.717) is 3.57 Å². The van der Waals surface area contributed by atoms with Crippen molar-refractivity contribution in [2.75, 3.05) is 5.32 Å². The molecule has 0 spiro atoms. The molecule has 0 radical (unpaired) electrons. The minimum absolute atomic E-state index is 0.0109. The zero-order valence-electron chi connectivity index (χ0n) is 9.72. The van der Waals surface area contributed by atoms with Gasteiger partial charge in [-0.3, -0.25) is 10.1 Å². The maximum absolute atomic E-state index is 11.5. The monoisotopic (exact) mass is 592 g/mol. The number of nitrogens with one attached hydrogen (secondary N) is 2. The van der Waals surface area contributed by atoms with Gasteiger partial charge in [0.2, 0.25) is 0 Å². The Morgan fingerprint density at radius 2 is 1.81 bits per heavy atom. The Morgan fingerprint density at radius 1 is 1.24 bits per heavy atom. The van der Waals surface area contributed by atoms with Gasteiger partial charge in [0.05, 0.1) is 11.3 Å². The lowest BCUT2D eigenvalue weighted by molar-refractivity contribution is -0.118. The van der Waals surface area contributed by atoms with Crippen LogP contribution in [-0.2, 0) is 4.79 Å². The summed E-state index contributed by atoms with van der Waals surface area (Å²) in [6.45, 7) is 0. The fourth-order valence-electron chi connectivity index (χ4n) is 1.19. The van der Waals surface area contributed by atoms with Crippen LogP contribution in [0.4, 0.5) is 5.69 Å². The molecule has 0 heterocycles. The molecule has 0 unspecified atom stereocenters. The lowest BCUT2D eigenvalue weighted by atomic mass is 10.2. The van der Waals surface area contributed by atoms with E-state index in [1.54, 1.807) is 6.07 Å². The van der Waals surface area contributed by atoms with Gasteiger partial charge in [-0.15, -0.1) is 0 Å². The smallest absolute Gasteiger partial charge is 0.337 e. The number of carbonyl (C=O) groups is 2. The maximum Gasteiger partial charge on any atom is 0.337 e. The average Bonchev–Trinajstić information content (AvgIpc) is 2.30. The predicted molar refractivity (Wildman–Crippen MR) is 103 cm³/mol. The summed E-state index contributed by atoms with van der Waals surface area (Å²) in [6, 6.07) is 3.21. The Bertz CT molecular complexity index is 622. The van der Waals surface area contributed by atoms with Crippen molar-refractivity contribution in [2.45, 2.75) is 3.79 Å². The van der Waals surface area contributed by atoms with E-state index in [9.17, 15) is 14.7 Å². The first-order valence-corrected chi connectivity index (χ1v) is 8.64. The molecule has 5 nitrogen and oxygen atoms in total. The van der Waals surface area contributed by atoms with Gasteiger partial charge < -0.3 is 10.4 Å². The van der Waals surface area contributed by atoms with E-state index in [-0.39, 0.29) is 16.4 Å². The molecule has 0 aromatic heterocycles. The number of carboxylic acids is 1. The fourth-order valence-corrected chi connectivity index (χ4v) is 3.50. The van der Waals surface area contributed by atoms with E-state index in [0.717, 1.165) is 3.57 Å². The van der Waals surface area contributed by atoms with Gasteiger partial charge in [0.1, 0.15) is 0 Å². The SMILES string of the molecule is O=C(O)c1cc(I)cc(I)c1NC(=S)NC(=O)C(Cl)(Cl)Cl. The average molecular weight is 593 g/mol. The van der Waals surface area contributed by atoms with Crippen LogP contribution in [0.3, 0.4) is 0 Å². The molecule has 0 atom stereocenters. The van der Waals surface area contributed by atoms with Crippen molar-refractivity contribution in [3.8, 4) is 0 Å². The summed E-state index contributed by atoms with van der Waals surface area (Å²) in [6.07, 6.45) is 0. The van der Waals surface area contributed by atoms with E-state index >= 15 is 0 Å². The highest BCUT2D eigenvalue weighted by molar-refractivity contribution is 14.1. The quantitative estimate of drug-likeness (QED) is 0.277. The van der Waals surface area contributed by atoms with E-state index < -0.39 is 15.7 Å². The number of alkyl halides is 3. The number of amides is 1. The van der Waals surface area contributed by atoms with Gasteiger partial charge in [0.15, 0.2) is 5.11 Å². The minimum atomic E-state index is -2.17. The molecule has 0 fully saturated rings. The van der Waals surface area contributed by atoms with Crippen molar-refractivity contribution in [3.63, 3.8) is 0 Å². The topological polar surface area (TPSA) is 78.4 Å². The van der Waals surface area contributed by atoms with E-state index in [1.165, 1.54) is 6.07 Å². The van der Waals surface area contributed by atoms with Crippen molar-refractivity contribution in [2.24, 2.45) is 0 Å². The largest absolute Gasteiger partial charge is 0.478 e. The molecule has 0 aliphatic rings. The number of benzene rings is 1. The molecular weight excluding hydrogens is 588 g/mol. The van der Waals surface area contributed by atoms with Crippen LogP contribution in [-0.4, -0.2) is 25.9 Å². The number of aromatic carboxylic acids is 1. The Kier molecular flexibility index (Phi) is 7.19. The Balaban J connectivity index is 3.01. The van der Waals surface area contributed by atoms with Gasteiger partial charge in [0, 0.05) is 7.14 Å². The first-order valence-electron chi connectivity index (χ1n) is 4.94. The van der Waals surface area contributed by atoms with Crippen molar-refractivity contribution < 1.29 is 14.7 Å². The van der Waals surface area contributed by atoms with Gasteiger partial charge in [-0.05, 0) is 69.5 Å². The van der Waals surface area contributed by atoms with Gasteiger partial charge >= 0.3 is 5.97 Å². The van der Waals surface area contributed by atoms with Crippen LogP contribution >= 0.6 is 92.2 Å².